The van der Waals surface area contributed by atoms with E-state index in [4.69, 9.17) is 0 Å². The standard InChI is InChI=1S/2C23H27.C3H6.2ClH.Hf/c2*1-22(2,3)18-13-17(14-19(15-18)23(4,5)6)21-12-8-10-16-9-7-11-20(16)21;1-3-2;;;/h2*7-15H,1-6H3;1-2H3;2*1H;/q;;;;;+2/p-2. The average molecular weight is 898 g/mol. The van der Waals surface area contributed by atoms with Crippen LogP contribution in [0.4, 0.5) is 0 Å². The van der Waals surface area contributed by atoms with E-state index in [0.717, 1.165) is 0 Å². The van der Waals surface area contributed by atoms with Gasteiger partial charge in [-0.2, -0.15) is 0 Å². The zero-order valence-electron chi connectivity index (χ0n) is 34.1. The Morgan fingerprint density at radius 2 is 0.769 bits per heavy atom. The van der Waals surface area contributed by atoms with Crippen LogP contribution in [0.15, 0.2) is 84.9 Å². The fourth-order valence-electron chi connectivity index (χ4n) is 7.83. The molecular formula is C49H60Cl2Hf. The molecule has 0 heterocycles. The molecular weight excluding hydrogens is 838 g/mol. The Bertz CT molecular complexity index is 1850. The molecule has 4 aromatic carbocycles. The van der Waals surface area contributed by atoms with Gasteiger partial charge in [-0.1, -0.05) is 0 Å². The first-order valence-corrected chi connectivity index (χ1v) is 24.7. The van der Waals surface area contributed by atoms with E-state index in [2.05, 4.69) is 194 Å². The first-order valence-electron chi connectivity index (χ1n) is 18.8. The summed E-state index contributed by atoms with van der Waals surface area (Å²) in [4.78, 5) is 0. The van der Waals surface area contributed by atoms with Crippen molar-refractivity contribution in [3.05, 3.63) is 129 Å². The van der Waals surface area contributed by atoms with E-state index in [1.807, 2.05) is 0 Å². The summed E-state index contributed by atoms with van der Waals surface area (Å²) in [5, 5.41) is 0. The van der Waals surface area contributed by atoms with Crippen LogP contribution < -0.4 is 24.8 Å². The van der Waals surface area contributed by atoms with Crippen molar-refractivity contribution in [3.63, 3.8) is 0 Å². The summed E-state index contributed by atoms with van der Waals surface area (Å²) in [7, 11) is 0. The summed E-state index contributed by atoms with van der Waals surface area (Å²) in [5.74, 6) is 0. The second-order valence-electron chi connectivity index (χ2n) is 19.3. The van der Waals surface area contributed by atoms with Crippen molar-refractivity contribution in [1.82, 2.24) is 0 Å². The number of benzene rings is 4. The molecule has 0 fully saturated rings. The van der Waals surface area contributed by atoms with E-state index in [-0.39, 0.29) is 46.5 Å². The Hall–Kier alpha value is -2.32. The fraction of sp³-hybridized carbons (Fsp3) is 0.408. The van der Waals surface area contributed by atoms with Crippen LogP contribution in [0.3, 0.4) is 0 Å². The molecule has 0 bridgehead atoms. The van der Waals surface area contributed by atoms with Gasteiger partial charge in [-0.25, -0.2) is 0 Å². The van der Waals surface area contributed by atoms with Crippen molar-refractivity contribution in [3.8, 4) is 22.3 Å². The van der Waals surface area contributed by atoms with Gasteiger partial charge in [-0.05, 0) is 0 Å². The molecule has 0 saturated heterocycles. The quantitative estimate of drug-likeness (QED) is 0.183. The Balaban J connectivity index is 0.00000302. The second-order valence-corrected chi connectivity index (χ2v) is 30.7. The van der Waals surface area contributed by atoms with Crippen LogP contribution in [0.25, 0.3) is 34.4 Å². The molecule has 274 valence electrons. The van der Waals surface area contributed by atoms with Crippen molar-refractivity contribution >= 4 is 15.4 Å². The maximum Gasteiger partial charge on any atom is -1.00 e. The summed E-state index contributed by atoms with van der Waals surface area (Å²) >= 11 is -2.53. The van der Waals surface area contributed by atoms with Gasteiger partial charge in [0.25, 0.3) is 0 Å². The van der Waals surface area contributed by atoms with Gasteiger partial charge in [0.1, 0.15) is 0 Å². The number of halogens is 2. The normalized spacial score (nSPS) is 16.4. The summed E-state index contributed by atoms with van der Waals surface area (Å²) in [5.41, 5.74) is 17.5. The molecule has 52 heavy (non-hydrogen) atoms. The third-order valence-corrected chi connectivity index (χ3v) is 23.6. The minimum atomic E-state index is -2.53. The van der Waals surface area contributed by atoms with Crippen molar-refractivity contribution in [2.24, 2.45) is 0 Å². The monoisotopic (exact) mass is 898 g/mol. The Kier molecular flexibility index (Phi) is 12.3. The SMILES string of the molecule is C[C](C)=[Hf+2]([CH]1C=Cc2c(-c3cc(C(C)(C)C)cc(C(C)(C)C)c3)cccc21)[CH]1C=Cc2c(-c3cc(C(C)(C)C)cc(C(C)(C)C)c3)cccc21.[Cl-].[Cl-]. The van der Waals surface area contributed by atoms with E-state index in [0.29, 0.717) is 7.35 Å². The van der Waals surface area contributed by atoms with E-state index in [9.17, 15) is 0 Å². The zero-order chi connectivity index (χ0) is 36.6. The number of hydrogen-bond donors (Lipinski definition) is 0. The summed E-state index contributed by atoms with van der Waals surface area (Å²) in [6, 6.07) is 29.0. The number of fused-ring (bicyclic) bond motifs is 2. The van der Waals surface area contributed by atoms with Crippen LogP contribution in [0, 0.1) is 0 Å². The van der Waals surface area contributed by atoms with Gasteiger partial charge in [0.15, 0.2) is 0 Å². The molecule has 0 aromatic heterocycles. The molecule has 0 N–H and O–H groups in total. The zero-order valence-corrected chi connectivity index (χ0v) is 39.3. The van der Waals surface area contributed by atoms with Crippen LogP contribution in [0.1, 0.15) is 149 Å². The van der Waals surface area contributed by atoms with Crippen LogP contribution >= 0.6 is 0 Å². The minimum absolute atomic E-state index is 0. The maximum atomic E-state index is 2.60. The topological polar surface area (TPSA) is 0 Å². The first-order chi connectivity index (χ1) is 23.1. The molecule has 0 aliphatic heterocycles. The summed E-state index contributed by atoms with van der Waals surface area (Å²) in [6.07, 6.45) is 10.1. The van der Waals surface area contributed by atoms with Gasteiger partial charge in [0.05, 0.1) is 0 Å². The van der Waals surface area contributed by atoms with E-state index < -0.39 is 21.0 Å². The maximum absolute atomic E-state index is 2.60. The third-order valence-electron chi connectivity index (χ3n) is 11.1. The second kappa shape index (κ2) is 15.1. The van der Waals surface area contributed by atoms with Gasteiger partial charge in [-0.3, -0.25) is 0 Å². The number of allylic oxidation sites excluding steroid dienone is 2. The van der Waals surface area contributed by atoms with Gasteiger partial charge in [0.2, 0.25) is 0 Å². The van der Waals surface area contributed by atoms with Crippen LogP contribution in [-0.4, -0.2) is 3.26 Å². The molecule has 2 aliphatic rings. The fourth-order valence-corrected chi connectivity index (χ4v) is 20.1. The van der Waals surface area contributed by atoms with Gasteiger partial charge in [0, 0.05) is 0 Å². The molecule has 0 radical (unpaired) electrons. The molecule has 0 saturated carbocycles. The van der Waals surface area contributed by atoms with Crippen molar-refractivity contribution in [2.75, 3.05) is 0 Å². The van der Waals surface area contributed by atoms with Crippen molar-refractivity contribution in [2.45, 2.75) is 126 Å². The molecule has 2 aliphatic carbocycles. The van der Waals surface area contributed by atoms with E-state index in [1.165, 1.54) is 55.6 Å². The predicted molar refractivity (Wildman–Crippen MR) is 218 cm³/mol. The summed E-state index contributed by atoms with van der Waals surface area (Å²) in [6.45, 7) is 33.0. The van der Waals surface area contributed by atoms with E-state index >= 15 is 0 Å². The largest absolute Gasteiger partial charge is 1.00 e. The predicted octanol–water partition coefficient (Wildman–Crippen LogP) is 7.89. The van der Waals surface area contributed by atoms with Gasteiger partial charge >= 0.3 is 314 Å². The molecule has 0 amide bonds. The number of rotatable bonds is 4. The molecule has 2 atom stereocenters. The Labute approximate surface area is 336 Å². The molecule has 4 aromatic rings. The minimum Gasteiger partial charge on any atom is -1.00 e. The average Bonchev–Trinajstić information content (AvgIpc) is 3.64. The summed E-state index contributed by atoms with van der Waals surface area (Å²) < 4.78 is 2.77. The van der Waals surface area contributed by atoms with Gasteiger partial charge < -0.3 is 24.8 Å². The van der Waals surface area contributed by atoms with Gasteiger partial charge in [-0.15, -0.1) is 0 Å². The third kappa shape index (κ3) is 8.33. The molecule has 0 spiro atoms. The van der Waals surface area contributed by atoms with Crippen molar-refractivity contribution in [1.29, 1.82) is 0 Å². The molecule has 0 nitrogen and oxygen atoms in total. The Morgan fingerprint density at radius 1 is 0.462 bits per heavy atom. The van der Waals surface area contributed by atoms with E-state index in [1.54, 1.807) is 14.4 Å². The van der Waals surface area contributed by atoms with Crippen LogP contribution in [-0.2, 0) is 42.6 Å². The number of hydrogen-bond acceptors (Lipinski definition) is 0. The molecule has 2 unspecified atom stereocenters. The molecule has 3 heteroatoms. The molecule has 6 rings (SSSR count). The van der Waals surface area contributed by atoms with Crippen LogP contribution in [0.5, 0.6) is 0 Å². The van der Waals surface area contributed by atoms with Crippen molar-refractivity contribution < 1.29 is 45.8 Å². The first kappa shape index (κ1) is 42.4. The smallest absolute Gasteiger partial charge is 1.00 e. The van der Waals surface area contributed by atoms with Crippen LogP contribution in [0.2, 0.25) is 0 Å². The Morgan fingerprint density at radius 3 is 1.04 bits per heavy atom.